The number of anilines is 2. The van der Waals surface area contributed by atoms with Crippen LogP contribution in [-0.2, 0) is 6.54 Å². The average Bonchev–Trinajstić information content (AvgIpc) is 3.06. The molecule has 3 N–H and O–H groups in total. The summed E-state index contributed by atoms with van der Waals surface area (Å²) in [5.74, 6) is 1.62. The van der Waals surface area contributed by atoms with Crippen molar-refractivity contribution in [2.24, 2.45) is 0 Å². The van der Waals surface area contributed by atoms with E-state index in [0.29, 0.717) is 0 Å². The second kappa shape index (κ2) is 16.1. The van der Waals surface area contributed by atoms with E-state index in [0.717, 1.165) is 36.7 Å². The number of methoxy groups -OCH3 is 2. The highest BCUT2D eigenvalue weighted by Crippen LogP contribution is 2.26. The number of aryl methyl sites for hydroxylation is 2. The van der Waals surface area contributed by atoms with Crippen LogP contribution in [0.15, 0.2) is 78.9 Å². The van der Waals surface area contributed by atoms with Gasteiger partial charge in [-0.05, 0) is 37.1 Å². The van der Waals surface area contributed by atoms with Crippen molar-refractivity contribution in [2.75, 3.05) is 37.9 Å². The Bertz CT molecular complexity index is 1680. The van der Waals surface area contributed by atoms with Gasteiger partial charge in [-0.15, -0.1) is 0 Å². The molecule has 0 spiro atoms. The number of rotatable bonds is 17. The summed E-state index contributed by atoms with van der Waals surface area (Å²) >= 11 is 0. The molecule has 0 saturated heterocycles. The second-order valence-electron chi connectivity index (χ2n) is 12.1. The lowest BCUT2D eigenvalue weighted by Crippen LogP contribution is -2.38. The molecule has 0 aliphatic carbocycles. The molecule has 45 heavy (non-hydrogen) atoms. The van der Waals surface area contributed by atoms with Gasteiger partial charge >= 0.3 is 0 Å². The highest BCUT2D eigenvalue weighted by Gasteiger charge is 2.18. The van der Waals surface area contributed by atoms with Crippen molar-refractivity contribution in [3.8, 4) is 11.5 Å². The van der Waals surface area contributed by atoms with Gasteiger partial charge in [-0.3, -0.25) is 0 Å². The number of unbranched alkanes of at least 4 members (excludes halogenated alkanes) is 7. The molecule has 0 amide bonds. The van der Waals surface area contributed by atoms with Crippen LogP contribution < -0.4 is 29.7 Å². The van der Waals surface area contributed by atoms with Crippen LogP contribution in [0.5, 0.6) is 11.5 Å². The number of nitrogens with one attached hydrogen (secondary N) is 3. The third-order valence-electron chi connectivity index (χ3n) is 8.66. The van der Waals surface area contributed by atoms with E-state index in [1.165, 1.54) is 95.9 Å². The topological polar surface area (TPSA) is 60.5 Å². The number of fused-ring (bicyclic) bond motifs is 2. The van der Waals surface area contributed by atoms with Crippen LogP contribution in [0.2, 0.25) is 0 Å². The van der Waals surface area contributed by atoms with Crippen molar-refractivity contribution in [1.82, 2.24) is 0 Å². The molecule has 0 radical (unpaired) electrons. The van der Waals surface area contributed by atoms with Crippen LogP contribution in [0.3, 0.4) is 0 Å². The molecule has 0 aliphatic heterocycles. The molecule has 5 aromatic rings. The number of nitrogens with zero attached hydrogens (tertiary/aromatic N) is 1. The van der Waals surface area contributed by atoms with E-state index < -0.39 is 0 Å². The monoisotopic (exact) mass is 606 g/mol. The van der Waals surface area contributed by atoms with Crippen LogP contribution in [-0.4, -0.2) is 27.3 Å². The molecule has 2 aromatic heterocycles. The molecule has 3 aromatic carbocycles. The summed E-state index contributed by atoms with van der Waals surface area (Å²) in [5.41, 5.74) is 8.43. The fourth-order valence-corrected chi connectivity index (χ4v) is 6.26. The third kappa shape index (κ3) is 8.65. The number of aromatic amines is 1. The smallest absolute Gasteiger partial charge is 0.215 e. The highest BCUT2D eigenvalue weighted by atomic mass is 16.5. The molecular weight excluding hydrogens is 556 g/mol. The molecule has 0 bridgehead atoms. The summed E-state index contributed by atoms with van der Waals surface area (Å²) in [6.45, 7) is 7.09. The Hall–Kier alpha value is -4.32. The van der Waals surface area contributed by atoms with Crippen LogP contribution in [0.4, 0.5) is 11.4 Å². The summed E-state index contributed by atoms with van der Waals surface area (Å²) < 4.78 is 13.4. The number of para-hydroxylation sites is 2. The number of hydrogen-bond acceptors (Lipinski definition) is 4. The first-order valence-electron chi connectivity index (χ1n) is 16.6. The average molecular weight is 607 g/mol. The van der Waals surface area contributed by atoms with Gasteiger partial charge in [0.05, 0.1) is 36.4 Å². The Morgan fingerprint density at radius 1 is 0.622 bits per heavy atom. The van der Waals surface area contributed by atoms with Gasteiger partial charge in [-0.2, -0.15) is 4.57 Å². The number of ether oxygens (including phenoxy) is 2. The van der Waals surface area contributed by atoms with Gasteiger partial charge in [-0.1, -0.05) is 62.8 Å². The third-order valence-corrected chi connectivity index (χ3v) is 8.66. The Morgan fingerprint density at radius 3 is 1.82 bits per heavy atom. The quantitative estimate of drug-likeness (QED) is 0.0824. The van der Waals surface area contributed by atoms with E-state index in [4.69, 9.17) is 9.47 Å². The van der Waals surface area contributed by atoms with Crippen LogP contribution >= 0.6 is 0 Å². The lowest BCUT2D eigenvalue weighted by Gasteiger charge is -2.13. The second-order valence-corrected chi connectivity index (χ2v) is 12.1. The fraction of sp³-hybridized carbons (Fsp3) is 0.385. The number of benzene rings is 3. The summed E-state index contributed by atoms with van der Waals surface area (Å²) in [6, 6.07) is 27.8. The zero-order chi connectivity index (χ0) is 31.4. The van der Waals surface area contributed by atoms with E-state index in [1.54, 1.807) is 14.2 Å². The van der Waals surface area contributed by atoms with Crippen molar-refractivity contribution in [3.05, 3.63) is 95.8 Å². The number of H-pyrrole nitrogens is 1. The molecule has 0 unspecified atom stereocenters. The Morgan fingerprint density at radius 2 is 1.18 bits per heavy atom. The minimum Gasteiger partial charge on any atom is -0.497 e. The van der Waals surface area contributed by atoms with Crippen LogP contribution in [0.25, 0.3) is 21.8 Å². The molecule has 6 nitrogen and oxygen atoms in total. The van der Waals surface area contributed by atoms with Gasteiger partial charge in [-0.25, -0.2) is 4.98 Å². The zero-order valence-corrected chi connectivity index (χ0v) is 27.5. The van der Waals surface area contributed by atoms with Crippen molar-refractivity contribution in [3.63, 3.8) is 0 Å². The SMILES string of the molecule is COc1cc(C[n+]2c(C)cc(NCCCCCCCCCCNc3cc(C)[nH+]c4ccccc34)c3ccccc32)cc(OC)c1. The number of hydrogen-bond donors (Lipinski definition) is 2. The van der Waals surface area contributed by atoms with Gasteiger partial charge in [0.25, 0.3) is 0 Å². The maximum atomic E-state index is 5.50. The lowest BCUT2D eigenvalue weighted by atomic mass is 10.1. The zero-order valence-electron chi connectivity index (χ0n) is 27.5. The summed E-state index contributed by atoms with van der Waals surface area (Å²) in [7, 11) is 3.39. The minimum absolute atomic E-state index is 0.749. The van der Waals surface area contributed by atoms with E-state index in [-0.39, 0.29) is 0 Å². The molecule has 0 aliphatic rings. The van der Waals surface area contributed by atoms with Crippen molar-refractivity contribution < 1.29 is 19.0 Å². The predicted molar refractivity (Wildman–Crippen MR) is 187 cm³/mol. The van der Waals surface area contributed by atoms with E-state index in [2.05, 4.69) is 107 Å². The van der Waals surface area contributed by atoms with Gasteiger partial charge < -0.3 is 20.1 Å². The molecule has 0 saturated carbocycles. The Labute approximate surface area is 268 Å². The summed E-state index contributed by atoms with van der Waals surface area (Å²) in [5, 5.41) is 9.93. The molecule has 0 fully saturated rings. The normalized spacial score (nSPS) is 11.2. The molecular formula is C39H50N4O2+2. The lowest BCUT2D eigenvalue weighted by molar-refractivity contribution is -0.668. The van der Waals surface area contributed by atoms with Crippen molar-refractivity contribution in [2.45, 2.75) is 71.8 Å². The van der Waals surface area contributed by atoms with Crippen molar-refractivity contribution in [1.29, 1.82) is 0 Å². The fourth-order valence-electron chi connectivity index (χ4n) is 6.26. The number of aromatic nitrogens is 2. The van der Waals surface area contributed by atoms with E-state index in [9.17, 15) is 0 Å². The van der Waals surface area contributed by atoms with Gasteiger partial charge in [0.15, 0.2) is 17.9 Å². The summed E-state index contributed by atoms with van der Waals surface area (Å²) in [4.78, 5) is 3.45. The number of pyridine rings is 2. The van der Waals surface area contributed by atoms with E-state index in [1.807, 2.05) is 6.07 Å². The maximum absolute atomic E-state index is 5.50. The minimum atomic E-state index is 0.749. The van der Waals surface area contributed by atoms with E-state index >= 15 is 0 Å². The van der Waals surface area contributed by atoms with Crippen LogP contribution in [0, 0.1) is 13.8 Å². The van der Waals surface area contributed by atoms with Crippen molar-refractivity contribution >= 4 is 33.2 Å². The largest absolute Gasteiger partial charge is 0.497 e. The first-order valence-corrected chi connectivity index (χ1v) is 16.6. The maximum Gasteiger partial charge on any atom is 0.215 e. The standard InChI is InChI=1S/C39H48N4O2/c1-29-23-37(34-17-11-13-19-36(34)42-29)40-21-15-9-7-5-6-8-10-16-22-41-38-24-30(2)43(39-20-14-12-18-35(38)39)28-31-25-32(44-3)27-33(26-31)45-4/h11-14,17-20,23-27H,5-10,15-16,21-22,28H2,1-4H3,(H,40,42)/p+2. The van der Waals surface area contributed by atoms with Gasteiger partial charge in [0, 0.05) is 62.8 Å². The van der Waals surface area contributed by atoms with Gasteiger partial charge in [0.2, 0.25) is 11.0 Å². The highest BCUT2D eigenvalue weighted by molar-refractivity contribution is 5.90. The predicted octanol–water partition coefficient (Wildman–Crippen LogP) is 8.42. The molecule has 236 valence electrons. The van der Waals surface area contributed by atoms with Crippen LogP contribution in [0.1, 0.15) is 68.3 Å². The summed E-state index contributed by atoms with van der Waals surface area (Å²) in [6.07, 6.45) is 10.3. The Balaban J connectivity index is 1.02. The Kier molecular flexibility index (Phi) is 11.5. The molecule has 0 atom stereocenters. The molecule has 5 rings (SSSR count). The molecule has 6 heteroatoms. The first kappa shape index (κ1) is 32.1. The molecule has 2 heterocycles. The van der Waals surface area contributed by atoms with Gasteiger partial charge in [0.1, 0.15) is 11.5 Å². The first-order chi connectivity index (χ1) is 22.1.